The third-order valence-corrected chi connectivity index (χ3v) is 4.54. The van der Waals surface area contributed by atoms with Gasteiger partial charge < -0.3 is 0 Å². The Labute approximate surface area is 104 Å². The third-order valence-electron chi connectivity index (χ3n) is 4.05. The van der Waals surface area contributed by atoms with Crippen molar-refractivity contribution in [1.29, 1.82) is 0 Å². The van der Waals surface area contributed by atoms with E-state index < -0.39 is 0 Å². The molecule has 3 rings (SSSR count). The highest BCUT2D eigenvalue weighted by atomic mass is 79.9. The molecule has 0 aromatic heterocycles. The molecule has 2 heteroatoms. The van der Waals surface area contributed by atoms with Crippen LogP contribution < -0.4 is 0 Å². The van der Waals surface area contributed by atoms with E-state index in [1.165, 1.54) is 19.3 Å². The summed E-state index contributed by atoms with van der Waals surface area (Å²) in [6.45, 7) is 0. The van der Waals surface area contributed by atoms with Crippen molar-refractivity contribution in [3.8, 4) is 0 Å². The van der Waals surface area contributed by atoms with E-state index in [4.69, 9.17) is 0 Å². The molecule has 2 saturated carbocycles. The molecule has 0 amide bonds. The molecule has 2 aliphatic carbocycles. The number of Topliss-reactive ketones (excluding diaryl/α,β-unsaturated/α-hetero) is 1. The predicted octanol–water partition coefficient (Wildman–Crippen LogP) is 3.61. The van der Waals surface area contributed by atoms with Crippen molar-refractivity contribution in [3.63, 3.8) is 0 Å². The second-order valence-electron chi connectivity index (χ2n) is 5.06. The van der Waals surface area contributed by atoms with Crippen LogP contribution in [0.15, 0.2) is 28.7 Å². The number of ketones is 1. The van der Waals surface area contributed by atoms with Crippen molar-refractivity contribution in [2.75, 3.05) is 0 Å². The Morgan fingerprint density at radius 2 is 2.06 bits per heavy atom. The van der Waals surface area contributed by atoms with Crippen LogP contribution in [0.4, 0.5) is 0 Å². The quantitative estimate of drug-likeness (QED) is 0.826. The van der Waals surface area contributed by atoms with Crippen LogP contribution in [0.5, 0.6) is 0 Å². The molecule has 0 spiro atoms. The van der Waals surface area contributed by atoms with E-state index >= 15 is 0 Å². The van der Waals surface area contributed by atoms with Crippen LogP contribution in [0.2, 0.25) is 0 Å². The number of fused-ring (bicyclic) bond motifs is 1. The van der Waals surface area contributed by atoms with Crippen LogP contribution in [-0.4, -0.2) is 5.78 Å². The number of hydrogen-bond acceptors (Lipinski definition) is 1. The predicted molar refractivity (Wildman–Crippen MR) is 67.2 cm³/mol. The van der Waals surface area contributed by atoms with Crippen LogP contribution in [0.3, 0.4) is 0 Å². The summed E-state index contributed by atoms with van der Waals surface area (Å²) in [4.78, 5) is 12.1. The minimum atomic E-state index is 0.410. The van der Waals surface area contributed by atoms with Gasteiger partial charge in [0, 0.05) is 16.8 Å². The Bertz CT molecular complexity index is 416. The molecule has 1 aromatic carbocycles. The lowest BCUT2D eigenvalue weighted by Crippen LogP contribution is -2.08. The molecule has 1 aromatic rings. The van der Waals surface area contributed by atoms with Gasteiger partial charge >= 0.3 is 0 Å². The van der Waals surface area contributed by atoms with Gasteiger partial charge in [-0.25, -0.2) is 0 Å². The molecule has 2 aliphatic rings. The standard InChI is InChI=1S/C14H15BrO/c15-10-4-1-3-9(7-10)8-13(16)14-11-5-2-6-12(11)14/h1,3-4,7,11-12,14H,2,5-6,8H2. The molecule has 16 heavy (non-hydrogen) atoms. The first-order valence-electron chi connectivity index (χ1n) is 6.03. The van der Waals surface area contributed by atoms with E-state index in [0.717, 1.165) is 21.9 Å². The monoisotopic (exact) mass is 278 g/mol. The van der Waals surface area contributed by atoms with E-state index in [1.807, 2.05) is 18.2 Å². The van der Waals surface area contributed by atoms with Crippen molar-refractivity contribution in [2.45, 2.75) is 25.7 Å². The molecule has 0 N–H and O–H groups in total. The number of hydrogen-bond donors (Lipinski definition) is 0. The molecule has 84 valence electrons. The van der Waals surface area contributed by atoms with Gasteiger partial charge in [-0.1, -0.05) is 34.5 Å². The van der Waals surface area contributed by atoms with Gasteiger partial charge in [-0.05, 0) is 42.4 Å². The largest absolute Gasteiger partial charge is 0.299 e. The maximum Gasteiger partial charge on any atom is 0.140 e. The molecule has 1 nitrogen and oxygen atoms in total. The van der Waals surface area contributed by atoms with E-state index in [0.29, 0.717) is 18.1 Å². The average Bonchev–Trinajstić information content (AvgIpc) is 2.73. The van der Waals surface area contributed by atoms with Gasteiger partial charge in [0.05, 0.1) is 0 Å². The van der Waals surface area contributed by atoms with E-state index in [-0.39, 0.29) is 0 Å². The maximum absolute atomic E-state index is 12.1. The highest BCUT2D eigenvalue weighted by Crippen LogP contribution is 2.58. The van der Waals surface area contributed by atoms with E-state index in [1.54, 1.807) is 0 Å². The fraction of sp³-hybridized carbons (Fsp3) is 0.500. The summed E-state index contributed by atoms with van der Waals surface area (Å²) >= 11 is 3.44. The minimum Gasteiger partial charge on any atom is -0.299 e. The van der Waals surface area contributed by atoms with Crippen LogP contribution in [0.1, 0.15) is 24.8 Å². The molecule has 2 fully saturated rings. The summed E-state index contributed by atoms with van der Waals surface area (Å²) in [5, 5.41) is 0. The zero-order valence-corrected chi connectivity index (χ0v) is 10.7. The van der Waals surface area contributed by atoms with Crippen molar-refractivity contribution in [1.82, 2.24) is 0 Å². The Kier molecular flexibility index (Phi) is 2.62. The molecular weight excluding hydrogens is 264 g/mol. The van der Waals surface area contributed by atoms with Gasteiger partial charge in [-0.15, -0.1) is 0 Å². The second kappa shape index (κ2) is 3.99. The van der Waals surface area contributed by atoms with Gasteiger partial charge in [0.1, 0.15) is 5.78 Å². The lowest BCUT2D eigenvalue weighted by molar-refractivity contribution is -0.120. The number of rotatable bonds is 3. The van der Waals surface area contributed by atoms with Gasteiger partial charge in [0.2, 0.25) is 0 Å². The second-order valence-corrected chi connectivity index (χ2v) is 5.97. The fourth-order valence-corrected chi connectivity index (χ4v) is 3.71. The maximum atomic E-state index is 12.1. The van der Waals surface area contributed by atoms with Gasteiger partial charge in [0.15, 0.2) is 0 Å². The minimum absolute atomic E-state index is 0.410. The first-order valence-corrected chi connectivity index (χ1v) is 6.82. The fourth-order valence-electron chi connectivity index (χ4n) is 3.27. The Balaban J connectivity index is 1.65. The van der Waals surface area contributed by atoms with Crippen LogP contribution in [0.25, 0.3) is 0 Å². The van der Waals surface area contributed by atoms with Crippen LogP contribution >= 0.6 is 15.9 Å². The lowest BCUT2D eigenvalue weighted by atomic mass is 10.0. The normalized spacial score (nSPS) is 31.2. The Hall–Kier alpha value is -0.630. The van der Waals surface area contributed by atoms with Crippen LogP contribution in [-0.2, 0) is 11.2 Å². The summed E-state index contributed by atoms with van der Waals surface area (Å²) in [7, 11) is 0. The summed E-state index contributed by atoms with van der Waals surface area (Å²) in [6.07, 6.45) is 4.55. The highest BCUT2D eigenvalue weighted by molar-refractivity contribution is 9.10. The van der Waals surface area contributed by atoms with Gasteiger partial charge in [-0.3, -0.25) is 4.79 Å². The van der Waals surface area contributed by atoms with E-state index in [2.05, 4.69) is 22.0 Å². The Morgan fingerprint density at radius 1 is 1.31 bits per heavy atom. The first kappa shape index (κ1) is 10.5. The molecule has 0 radical (unpaired) electrons. The zero-order chi connectivity index (χ0) is 11.1. The van der Waals surface area contributed by atoms with Gasteiger partial charge in [0.25, 0.3) is 0 Å². The summed E-state index contributed by atoms with van der Waals surface area (Å²) < 4.78 is 1.06. The molecule has 2 unspecified atom stereocenters. The number of benzene rings is 1. The Morgan fingerprint density at radius 3 is 2.75 bits per heavy atom. The summed E-state index contributed by atoms with van der Waals surface area (Å²) in [6, 6.07) is 8.09. The molecule has 0 saturated heterocycles. The number of carbonyl (C=O) groups excluding carboxylic acids is 1. The topological polar surface area (TPSA) is 17.1 Å². The van der Waals surface area contributed by atoms with Crippen molar-refractivity contribution >= 4 is 21.7 Å². The zero-order valence-electron chi connectivity index (χ0n) is 9.16. The van der Waals surface area contributed by atoms with Gasteiger partial charge in [-0.2, -0.15) is 0 Å². The highest BCUT2D eigenvalue weighted by Gasteiger charge is 2.55. The summed E-state index contributed by atoms with van der Waals surface area (Å²) in [5.41, 5.74) is 1.14. The number of halogens is 1. The lowest BCUT2D eigenvalue weighted by Gasteiger charge is -2.03. The smallest absolute Gasteiger partial charge is 0.140 e. The van der Waals surface area contributed by atoms with Crippen molar-refractivity contribution < 1.29 is 4.79 Å². The number of carbonyl (C=O) groups is 1. The SMILES string of the molecule is O=C(Cc1cccc(Br)c1)C1C2CCCC21. The van der Waals surface area contributed by atoms with Crippen molar-refractivity contribution in [3.05, 3.63) is 34.3 Å². The van der Waals surface area contributed by atoms with Crippen molar-refractivity contribution in [2.24, 2.45) is 17.8 Å². The molecule has 0 aliphatic heterocycles. The van der Waals surface area contributed by atoms with Crippen LogP contribution in [0, 0.1) is 17.8 Å². The molecule has 0 bridgehead atoms. The average molecular weight is 279 g/mol. The molecule has 2 atom stereocenters. The summed E-state index contributed by atoms with van der Waals surface area (Å²) in [5.74, 6) is 2.37. The third kappa shape index (κ3) is 1.84. The molecule has 0 heterocycles. The molecular formula is C14H15BrO. The van der Waals surface area contributed by atoms with E-state index in [9.17, 15) is 4.79 Å². The first-order chi connectivity index (χ1) is 7.75.